The van der Waals surface area contributed by atoms with Crippen molar-refractivity contribution < 1.29 is 4.74 Å². The van der Waals surface area contributed by atoms with Gasteiger partial charge in [0.2, 0.25) is 0 Å². The third-order valence-electron chi connectivity index (χ3n) is 3.33. The monoisotopic (exact) mass is 335 g/mol. The molecule has 5 heteroatoms. The highest BCUT2D eigenvalue weighted by molar-refractivity contribution is 9.10. The molecule has 1 aromatic carbocycles. The summed E-state index contributed by atoms with van der Waals surface area (Å²) < 4.78 is 8.65. The Labute approximate surface area is 127 Å². The van der Waals surface area contributed by atoms with Crippen LogP contribution >= 0.6 is 15.9 Å². The van der Waals surface area contributed by atoms with Crippen LogP contribution in [0.1, 0.15) is 25.3 Å². The van der Waals surface area contributed by atoms with E-state index >= 15 is 0 Å². The molecule has 3 rings (SSSR count). The number of halogens is 1. The molecule has 106 valence electrons. The first-order valence-corrected chi connectivity index (χ1v) is 7.76. The van der Waals surface area contributed by atoms with Crippen molar-refractivity contribution in [1.82, 2.24) is 15.1 Å². The van der Waals surface area contributed by atoms with Crippen LogP contribution in [0.3, 0.4) is 0 Å². The third kappa shape index (κ3) is 3.41. The summed E-state index contributed by atoms with van der Waals surface area (Å²) in [7, 11) is 0. The molecule has 1 N–H and O–H groups in total. The van der Waals surface area contributed by atoms with Gasteiger partial charge in [0.1, 0.15) is 5.75 Å². The van der Waals surface area contributed by atoms with Crippen LogP contribution in [-0.2, 0) is 13.1 Å². The highest BCUT2D eigenvalue weighted by Crippen LogP contribution is 2.30. The van der Waals surface area contributed by atoms with Crippen molar-refractivity contribution in [2.75, 3.05) is 0 Å². The van der Waals surface area contributed by atoms with E-state index in [2.05, 4.69) is 38.5 Å². The van der Waals surface area contributed by atoms with Gasteiger partial charge in [-0.1, -0.05) is 6.07 Å². The highest BCUT2D eigenvalue weighted by Gasteiger charge is 2.20. The van der Waals surface area contributed by atoms with Crippen LogP contribution in [0.25, 0.3) is 0 Å². The summed E-state index contributed by atoms with van der Waals surface area (Å²) in [6.45, 7) is 3.81. The van der Waals surface area contributed by atoms with E-state index in [1.54, 1.807) is 6.20 Å². The van der Waals surface area contributed by atoms with E-state index in [1.165, 1.54) is 18.4 Å². The summed E-state index contributed by atoms with van der Waals surface area (Å²) in [6, 6.07) is 6.93. The van der Waals surface area contributed by atoms with Gasteiger partial charge in [-0.3, -0.25) is 4.68 Å². The zero-order chi connectivity index (χ0) is 13.9. The molecule has 0 unspecified atom stereocenters. The van der Waals surface area contributed by atoms with Crippen molar-refractivity contribution in [3.8, 4) is 11.5 Å². The number of nitrogens with zero attached hydrogens (tertiary/aromatic N) is 2. The van der Waals surface area contributed by atoms with Gasteiger partial charge in [-0.25, -0.2) is 0 Å². The van der Waals surface area contributed by atoms with Crippen LogP contribution < -0.4 is 10.1 Å². The van der Waals surface area contributed by atoms with Gasteiger partial charge in [-0.05, 0) is 53.4 Å². The minimum Gasteiger partial charge on any atom is -0.453 e. The third-order valence-corrected chi connectivity index (χ3v) is 3.95. The molecule has 0 saturated heterocycles. The molecule has 1 aromatic heterocycles. The van der Waals surface area contributed by atoms with Crippen LogP contribution in [0.4, 0.5) is 0 Å². The lowest BCUT2D eigenvalue weighted by atomic mass is 10.2. The van der Waals surface area contributed by atoms with Crippen molar-refractivity contribution in [3.05, 3.63) is 40.6 Å². The van der Waals surface area contributed by atoms with Gasteiger partial charge in [0, 0.05) is 19.1 Å². The van der Waals surface area contributed by atoms with E-state index in [1.807, 2.05) is 23.9 Å². The summed E-state index contributed by atoms with van der Waals surface area (Å²) in [5, 5.41) is 7.71. The molecule has 0 spiro atoms. The number of aryl methyl sites for hydroxylation is 1. The summed E-state index contributed by atoms with van der Waals surface area (Å²) in [5.74, 6) is 1.58. The summed E-state index contributed by atoms with van der Waals surface area (Å²) in [5.41, 5.74) is 1.26. The van der Waals surface area contributed by atoms with Crippen LogP contribution in [-0.4, -0.2) is 15.8 Å². The maximum absolute atomic E-state index is 5.83. The van der Waals surface area contributed by atoms with Gasteiger partial charge in [-0.2, -0.15) is 5.10 Å². The Morgan fingerprint density at radius 3 is 2.95 bits per heavy atom. The van der Waals surface area contributed by atoms with Crippen LogP contribution in [0.15, 0.2) is 35.1 Å². The molecule has 0 amide bonds. The molecule has 1 heterocycles. The highest BCUT2D eigenvalue weighted by atomic mass is 79.9. The van der Waals surface area contributed by atoms with Crippen LogP contribution in [0, 0.1) is 0 Å². The molecule has 2 aromatic rings. The van der Waals surface area contributed by atoms with Gasteiger partial charge in [0.05, 0.1) is 16.9 Å². The van der Waals surface area contributed by atoms with Crippen molar-refractivity contribution in [3.63, 3.8) is 0 Å². The predicted molar refractivity (Wildman–Crippen MR) is 82.0 cm³/mol. The molecule has 0 radical (unpaired) electrons. The van der Waals surface area contributed by atoms with E-state index in [0.29, 0.717) is 0 Å². The Bertz CT molecular complexity index is 593. The van der Waals surface area contributed by atoms with E-state index in [-0.39, 0.29) is 0 Å². The lowest BCUT2D eigenvalue weighted by Crippen LogP contribution is -2.15. The van der Waals surface area contributed by atoms with Crippen molar-refractivity contribution in [2.45, 2.75) is 38.9 Å². The molecule has 0 aliphatic heterocycles. The molecular formula is C15H18BrN3O. The van der Waals surface area contributed by atoms with E-state index in [9.17, 15) is 0 Å². The van der Waals surface area contributed by atoms with E-state index in [4.69, 9.17) is 4.74 Å². The fourth-order valence-electron chi connectivity index (χ4n) is 1.98. The fraction of sp³-hybridized carbons (Fsp3) is 0.400. The molecule has 1 saturated carbocycles. The first-order chi connectivity index (χ1) is 9.74. The number of nitrogens with one attached hydrogen (secondary N) is 1. The zero-order valence-corrected chi connectivity index (χ0v) is 13.1. The summed E-state index contributed by atoms with van der Waals surface area (Å²) >= 11 is 3.57. The normalized spacial score (nSPS) is 14.5. The first kappa shape index (κ1) is 13.6. The second kappa shape index (κ2) is 5.97. The number of benzene rings is 1. The second-order valence-electron chi connectivity index (χ2n) is 5.05. The minimum absolute atomic E-state index is 0.726. The number of aromatic nitrogens is 2. The van der Waals surface area contributed by atoms with Gasteiger partial charge in [0.15, 0.2) is 5.75 Å². The Morgan fingerprint density at radius 2 is 2.30 bits per heavy atom. The number of hydrogen-bond acceptors (Lipinski definition) is 3. The second-order valence-corrected chi connectivity index (χ2v) is 5.91. The molecule has 1 aliphatic rings. The van der Waals surface area contributed by atoms with Crippen molar-refractivity contribution in [2.24, 2.45) is 0 Å². The van der Waals surface area contributed by atoms with E-state index < -0.39 is 0 Å². The Kier molecular flexibility index (Phi) is 4.08. The average molecular weight is 336 g/mol. The minimum atomic E-state index is 0.726. The first-order valence-electron chi connectivity index (χ1n) is 6.96. The molecule has 4 nitrogen and oxygen atoms in total. The van der Waals surface area contributed by atoms with E-state index in [0.717, 1.165) is 35.1 Å². The standard InChI is InChI=1S/C15H18BrN3O/c1-2-19-10-13(9-18-19)20-15-6-3-11(7-14(15)16)8-17-12-4-5-12/h3,6-7,9-10,12,17H,2,4-5,8H2,1H3. The Morgan fingerprint density at radius 1 is 1.45 bits per heavy atom. The lowest BCUT2D eigenvalue weighted by Gasteiger charge is -2.08. The molecule has 0 atom stereocenters. The maximum atomic E-state index is 5.83. The smallest absolute Gasteiger partial charge is 0.165 e. The van der Waals surface area contributed by atoms with Crippen molar-refractivity contribution >= 4 is 15.9 Å². The van der Waals surface area contributed by atoms with Gasteiger partial charge in [-0.15, -0.1) is 0 Å². The van der Waals surface area contributed by atoms with Gasteiger partial charge >= 0.3 is 0 Å². The Hall–Kier alpha value is -1.33. The quantitative estimate of drug-likeness (QED) is 0.874. The molecular weight excluding hydrogens is 318 g/mol. The number of rotatable bonds is 6. The Balaban J connectivity index is 1.66. The number of hydrogen-bond donors (Lipinski definition) is 1. The lowest BCUT2D eigenvalue weighted by molar-refractivity contribution is 0.478. The molecule has 0 bridgehead atoms. The fourth-order valence-corrected chi connectivity index (χ4v) is 2.49. The number of ether oxygens (including phenoxy) is 1. The molecule has 1 fully saturated rings. The predicted octanol–water partition coefficient (Wildman–Crippen LogP) is 3.71. The largest absolute Gasteiger partial charge is 0.453 e. The zero-order valence-electron chi connectivity index (χ0n) is 11.5. The average Bonchev–Trinajstić information content (AvgIpc) is 3.17. The maximum Gasteiger partial charge on any atom is 0.165 e. The summed E-state index contributed by atoms with van der Waals surface area (Å²) in [6.07, 6.45) is 6.25. The van der Waals surface area contributed by atoms with Gasteiger partial charge in [0.25, 0.3) is 0 Å². The topological polar surface area (TPSA) is 39.1 Å². The van der Waals surface area contributed by atoms with Crippen LogP contribution in [0.5, 0.6) is 11.5 Å². The SMILES string of the molecule is CCn1cc(Oc2ccc(CNC3CC3)cc2Br)cn1. The van der Waals surface area contributed by atoms with Gasteiger partial charge < -0.3 is 10.1 Å². The molecule has 1 aliphatic carbocycles. The molecule has 20 heavy (non-hydrogen) atoms. The summed E-state index contributed by atoms with van der Waals surface area (Å²) in [4.78, 5) is 0. The van der Waals surface area contributed by atoms with Crippen molar-refractivity contribution in [1.29, 1.82) is 0 Å². The van der Waals surface area contributed by atoms with Crippen LogP contribution in [0.2, 0.25) is 0 Å².